The molecule has 0 saturated heterocycles. The van der Waals surface area contributed by atoms with Crippen molar-refractivity contribution in [1.29, 1.82) is 0 Å². The van der Waals surface area contributed by atoms with Crippen LogP contribution in [0.5, 0.6) is 0 Å². The molecule has 0 aromatic carbocycles. The van der Waals surface area contributed by atoms with E-state index in [0.29, 0.717) is 12.8 Å². The molecule has 0 aliphatic heterocycles. The van der Waals surface area contributed by atoms with Gasteiger partial charge in [0.1, 0.15) is 43.2 Å². The second-order valence-electron chi connectivity index (χ2n) is 17.0. The predicted molar refractivity (Wildman–Crippen MR) is 231 cm³/mol. The third-order valence-corrected chi connectivity index (χ3v) is 12.4. The van der Waals surface area contributed by atoms with Gasteiger partial charge in [-0.3, -0.25) is 18.6 Å². The molecular formula is C45H87O13P. The molecule has 1 fully saturated rings. The smallest absolute Gasteiger partial charge is 0.462 e. The molecule has 1 aliphatic rings. The lowest BCUT2D eigenvalue weighted by Crippen LogP contribution is -2.64. The number of phosphoric ester groups is 1. The van der Waals surface area contributed by atoms with E-state index in [-0.39, 0.29) is 12.8 Å². The predicted octanol–water partition coefficient (Wildman–Crippen LogP) is 9.28. The summed E-state index contributed by atoms with van der Waals surface area (Å²) in [6, 6.07) is 0. The monoisotopic (exact) mass is 867 g/mol. The fourth-order valence-corrected chi connectivity index (χ4v) is 8.56. The number of hydrogen-bond acceptors (Lipinski definition) is 12. The topological polar surface area (TPSA) is 210 Å². The fraction of sp³-hybridized carbons (Fsp3) is 0.956. The highest BCUT2D eigenvalue weighted by Crippen LogP contribution is 2.47. The van der Waals surface area contributed by atoms with E-state index in [1.54, 1.807) is 0 Å². The van der Waals surface area contributed by atoms with Crippen LogP contribution in [0.25, 0.3) is 0 Å². The van der Waals surface area contributed by atoms with Crippen LogP contribution in [0.3, 0.4) is 0 Å². The number of hydrogen-bond donors (Lipinski definition) is 6. The summed E-state index contributed by atoms with van der Waals surface area (Å²) in [6.45, 7) is 3.31. The van der Waals surface area contributed by atoms with Crippen molar-refractivity contribution < 1.29 is 63.1 Å². The van der Waals surface area contributed by atoms with Crippen LogP contribution in [0.2, 0.25) is 0 Å². The zero-order valence-corrected chi connectivity index (χ0v) is 38.0. The van der Waals surface area contributed by atoms with E-state index in [2.05, 4.69) is 13.8 Å². The van der Waals surface area contributed by atoms with Crippen molar-refractivity contribution in [1.82, 2.24) is 0 Å². The second-order valence-corrected chi connectivity index (χ2v) is 18.4. The molecule has 1 aliphatic carbocycles. The van der Waals surface area contributed by atoms with Gasteiger partial charge in [-0.15, -0.1) is 0 Å². The summed E-state index contributed by atoms with van der Waals surface area (Å²) in [5, 5.41) is 50.1. The zero-order valence-electron chi connectivity index (χ0n) is 37.1. The standard InChI is InChI=1S/C45H87O13P/c1-3-5-7-9-11-13-15-16-17-18-19-20-21-22-24-26-28-30-32-34-39(47)57-37(35-55-38(46)33-31-29-27-25-23-14-12-10-8-6-4-2)36-56-59(53,54)58-45-43(51)41(49)40(48)42(50)44(45)52/h37,40-45,48-52H,3-36H2,1-2H3,(H,53,54)/t37-,40?,41-,42?,43?,44?,45?/m1/s1. The number of carbonyl (C=O) groups is 2. The molecule has 0 spiro atoms. The quantitative estimate of drug-likeness (QED) is 0.0193. The summed E-state index contributed by atoms with van der Waals surface area (Å²) >= 11 is 0. The summed E-state index contributed by atoms with van der Waals surface area (Å²) in [7, 11) is -5.11. The van der Waals surface area contributed by atoms with E-state index < -0.39 is 75.7 Å². The zero-order chi connectivity index (χ0) is 43.6. The van der Waals surface area contributed by atoms with Gasteiger partial charge in [0.15, 0.2) is 6.10 Å². The minimum Gasteiger partial charge on any atom is -0.462 e. The van der Waals surface area contributed by atoms with Gasteiger partial charge in [0.2, 0.25) is 0 Å². The van der Waals surface area contributed by atoms with Gasteiger partial charge < -0.3 is 39.9 Å². The van der Waals surface area contributed by atoms with E-state index >= 15 is 0 Å². The summed E-state index contributed by atoms with van der Waals surface area (Å²) in [5.41, 5.74) is 0. The van der Waals surface area contributed by atoms with Gasteiger partial charge >= 0.3 is 19.8 Å². The SMILES string of the molecule is CCCCCCCCCCCCCCCCCCCCCC(=O)O[C@H](COC(=O)CCCCCCCCCCCCC)COP(=O)(O)OC1C(O)C(O)C(O)[C@@H](O)C1O. The Balaban J connectivity index is 2.40. The first-order valence-electron chi connectivity index (χ1n) is 23.8. The highest BCUT2D eigenvalue weighted by atomic mass is 31.2. The number of esters is 2. The van der Waals surface area contributed by atoms with E-state index in [1.165, 1.54) is 141 Å². The van der Waals surface area contributed by atoms with Crippen LogP contribution in [0.4, 0.5) is 0 Å². The molecule has 13 nitrogen and oxygen atoms in total. The van der Waals surface area contributed by atoms with Gasteiger partial charge in [-0.05, 0) is 12.8 Å². The lowest BCUT2D eigenvalue weighted by atomic mass is 9.85. The second kappa shape index (κ2) is 36.3. The number of rotatable bonds is 40. The largest absolute Gasteiger partial charge is 0.472 e. The molecule has 1 rings (SSSR count). The molecular weight excluding hydrogens is 779 g/mol. The van der Waals surface area contributed by atoms with E-state index in [4.69, 9.17) is 18.5 Å². The number of carbonyl (C=O) groups excluding carboxylic acids is 2. The van der Waals surface area contributed by atoms with E-state index in [1.807, 2.05) is 0 Å². The van der Waals surface area contributed by atoms with Crippen molar-refractivity contribution in [3.8, 4) is 0 Å². The minimum absolute atomic E-state index is 0.105. The van der Waals surface area contributed by atoms with Gasteiger partial charge in [-0.1, -0.05) is 194 Å². The number of aliphatic hydroxyl groups is 5. The Kier molecular flexibility index (Phi) is 34.4. The number of phosphoric acid groups is 1. The Morgan fingerprint density at radius 3 is 1.12 bits per heavy atom. The van der Waals surface area contributed by atoms with E-state index in [0.717, 1.165) is 38.5 Å². The first-order chi connectivity index (χ1) is 28.4. The Morgan fingerprint density at radius 1 is 0.458 bits per heavy atom. The molecule has 59 heavy (non-hydrogen) atoms. The first-order valence-corrected chi connectivity index (χ1v) is 25.3. The number of unbranched alkanes of at least 4 members (excludes halogenated alkanes) is 28. The van der Waals surface area contributed by atoms with Crippen molar-refractivity contribution >= 4 is 19.8 Å². The highest BCUT2D eigenvalue weighted by molar-refractivity contribution is 7.47. The lowest BCUT2D eigenvalue weighted by Gasteiger charge is -2.41. The normalized spacial score (nSPS) is 22.2. The number of ether oxygens (including phenoxy) is 2. The van der Waals surface area contributed by atoms with Gasteiger partial charge in [-0.2, -0.15) is 0 Å². The van der Waals surface area contributed by atoms with Crippen molar-refractivity contribution in [3.05, 3.63) is 0 Å². The van der Waals surface area contributed by atoms with Gasteiger partial charge in [0.25, 0.3) is 0 Å². The van der Waals surface area contributed by atoms with Crippen LogP contribution in [0, 0.1) is 0 Å². The molecule has 0 aromatic rings. The van der Waals surface area contributed by atoms with Crippen LogP contribution in [0.15, 0.2) is 0 Å². The van der Waals surface area contributed by atoms with Crippen LogP contribution >= 0.6 is 7.82 Å². The molecule has 6 unspecified atom stereocenters. The van der Waals surface area contributed by atoms with Crippen molar-refractivity contribution in [3.63, 3.8) is 0 Å². The van der Waals surface area contributed by atoms with Gasteiger partial charge in [-0.25, -0.2) is 4.57 Å². The molecule has 0 bridgehead atoms. The molecule has 0 amide bonds. The molecule has 14 heteroatoms. The summed E-state index contributed by atoms with van der Waals surface area (Å²) < 4.78 is 33.5. The van der Waals surface area contributed by atoms with Crippen LogP contribution < -0.4 is 0 Å². The average Bonchev–Trinajstić information content (AvgIpc) is 3.21. The Morgan fingerprint density at radius 2 is 0.763 bits per heavy atom. The maximum absolute atomic E-state index is 12.8. The van der Waals surface area contributed by atoms with Crippen LogP contribution in [0.1, 0.15) is 219 Å². The maximum atomic E-state index is 12.8. The molecule has 8 atom stereocenters. The third-order valence-electron chi connectivity index (χ3n) is 11.4. The van der Waals surface area contributed by atoms with E-state index in [9.17, 15) is 44.6 Å². The summed E-state index contributed by atoms with van der Waals surface area (Å²) in [5.74, 6) is -1.08. The Hall–Kier alpha value is -1.15. The van der Waals surface area contributed by atoms with Crippen molar-refractivity contribution in [2.24, 2.45) is 0 Å². The highest BCUT2D eigenvalue weighted by Gasteiger charge is 2.51. The average molecular weight is 867 g/mol. The van der Waals surface area contributed by atoms with Crippen molar-refractivity contribution in [2.75, 3.05) is 13.2 Å². The summed E-state index contributed by atoms with van der Waals surface area (Å²) in [6.07, 6.45) is 23.1. The molecule has 350 valence electrons. The van der Waals surface area contributed by atoms with Gasteiger partial charge in [0.05, 0.1) is 6.61 Å². The molecule has 0 heterocycles. The summed E-state index contributed by atoms with van der Waals surface area (Å²) in [4.78, 5) is 35.7. The minimum atomic E-state index is -5.11. The van der Waals surface area contributed by atoms with Gasteiger partial charge in [0, 0.05) is 12.8 Å². The van der Waals surface area contributed by atoms with Crippen LogP contribution in [-0.4, -0.2) is 98.3 Å². The molecule has 0 aromatic heterocycles. The third kappa shape index (κ3) is 29.0. The Bertz CT molecular complexity index is 1050. The van der Waals surface area contributed by atoms with Crippen LogP contribution in [-0.2, 0) is 32.7 Å². The molecule has 0 radical (unpaired) electrons. The van der Waals surface area contributed by atoms with Crippen molar-refractivity contribution in [2.45, 2.75) is 262 Å². The Labute approximate surface area is 357 Å². The molecule has 6 N–H and O–H groups in total. The number of aliphatic hydroxyl groups excluding tert-OH is 5. The molecule has 1 saturated carbocycles. The fourth-order valence-electron chi connectivity index (χ4n) is 7.58. The lowest BCUT2D eigenvalue weighted by molar-refractivity contribution is -0.220. The first kappa shape index (κ1) is 55.9. The maximum Gasteiger partial charge on any atom is 0.472 e.